The van der Waals surface area contributed by atoms with Crippen molar-refractivity contribution in [1.82, 2.24) is 9.88 Å². The van der Waals surface area contributed by atoms with Crippen LogP contribution in [-0.2, 0) is 9.59 Å². The van der Waals surface area contributed by atoms with E-state index < -0.39 is 17.7 Å². The summed E-state index contributed by atoms with van der Waals surface area (Å²) in [6.45, 7) is 2.68. The molecule has 0 radical (unpaired) electrons. The van der Waals surface area contributed by atoms with Gasteiger partial charge < -0.3 is 20.7 Å². The van der Waals surface area contributed by atoms with E-state index >= 15 is 0 Å². The average Bonchev–Trinajstić information content (AvgIpc) is 3.21. The quantitative estimate of drug-likeness (QED) is 0.765. The van der Waals surface area contributed by atoms with Crippen molar-refractivity contribution in [2.24, 2.45) is 17.6 Å². The Bertz CT molecular complexity index is 761. The van der Waals surface area contributed by atoms with Crippen LogP contribution in [0, 0.1) is 11.8 Å². The molecule has 3 N–H and O–H groups in total. The molecule has 3 rings (SSSR count). The highest BCUT2D eigenvalue weighted by molar-refractivity contribution is 6.40. The lowest BCUT2D eigenvalue weighted by Gasteiger charge is -2.41. The summed E-state index contributed by atoms with van der Waals surface area (Å²) in [7, 11) is 1.35. The molecule has 1 aliphatic heterocycles. The molecule has 8 heteroatoms. The van der Waals surface area contributed by atoms with Gasteiger partial charge in [0, 0.05) is 18.8 Å². The van der Waals surface area contributed by atoms with Crippen LogP contribution in [0.4, 0.5) is 5.69 Å². The Balaban J connectivity index is 1.80. The van der Waals surface area contributed by atoms with E-state index in [1.54, 1.807) is 4.90 Å². The second kappa shape index (κ2) is 8.58. The van der Waals surface area contributed by atoms with Crippen molar-refractivity contribution in [2.75, 3.05) is 19.0 Å². The summed E-state index contributed by atoms with van der Waals surface area (Å²) in [4.78, 5) is 43.2. The minimum Gasteiger partial charge on any atom is -0.480 e. The zero-order valence-corrected chi connectivity index (χ0v) is 16.4. The van der Waals surface area contributed by atoms with Crippen molar-refractivity contribution in [3.05, 3.63) is 17.8 Å². The van der Waals surface area contributed by atoms with Crippen molar-refractivity contribution in [3.8, 4) is 5.88 Å². The molecule has 1 aromatic heterocycles. The highest BCUT2D eigenvalue weighted by Crippen LogP contribution is 2.36. The fourth-order valence-corrected chi connectivity index (χ4v) is 4.49. The number of nitrogens with two attached hydrogens (primary N) is 1. The number of nitrogens with zero attached hydrogens (tertiary/aromatic N) is 2. The Morgan fingerprint density at radius 3 is 2.57 bits per heavy atom. The largest absolute Gasteiger partial charge is 0.480 e. The Hall–Kier alpha value is -2.64. The summed E-state index contributed by atoms with van der Waals surface area (Å²) >= 11 is 0. The first-order chi connectivity index (χ1) is 13.4. The Kier molecular flexibility index (Phi) is 6.16. The summed E-state index contributed by atoms with van der Waals surface area (Å²) in [5.41, 5.74) is 5.48. The zero-order chi connectivity index (χ0) is 20.3. The molecule has 0 bridgehead atoms. The first-order valence-corrected chi connectivity index (χ1v) is 9.87. The van der Waals surface area contributed by atoms with Crippen molar-refractivity contribution in [2.45, 2.75) is 51.5 Å². The number of hydrogen-bond acceptors (Lipinski definition) is 5. The van der Waals surface area contributed by atoms with Crippen LogP contribution in [0.2, 0.25) is 0 Å². The topological polar surface area (TPSA) is 115 Å². The maximum atomic E-state index is 13.0. The van der Waals surface area contributed by atoms with E-state index in [4.69, 9.17) is 10.5 Å². The van der Waals surface area contributed by atoms with Crippen molar-refractivity contribution in [1.29, 1.82) is 0 Å². The first-order valence-electron chi connectivity index (χ1n) is 9.87. The molecule has 1 aliphatic carbocycles. The van der Waals surface area contributed by atoms with Gasteiger partial charge in [0.2, 0.25) is 5.88 Å². The number of carbonyl (C=O) groups excluding carboxylic acids is 3. The third-order valence-corrected chi connectivity index (χ3v) is 5.87. The van der Waals surface area contributed by atoms with Gasteiger partial charge in [0.1, 0.15) is 5.56 Å². The number of hydrogen-bond donors (Lipinski definition) is 2. The Morgan fingerprint density at radius 2 is 1.93 bits per heavy atom. The summed E-state index contributed by atoms with van der Waals surface area (Å²) in [6, 6.07) is 1.54. The number of likely N-dealkylation sites (tertiary alicyclic amines) is 1. The molecule has 8 nitrogen and oxygen atoms in total. The lowest BCUT2D eigenvalue weighted by Crippen LogP contribution is -2.52. The second-order valence-corrected chi connectivity index (χ2v) is 7.81. The predicted molar refractivity (Wildman–Crippen MR) is 104 cm³/mol. The number of nitrogens with one attached hydrogen (secondary N) is 1. The molecule has 2 fully saturated rings. The smallest absolute Gasteiger partial charge is 0.313 e. The molecule has 2 heterocycles. The number of amides is 3. The lowest BCUT2D eigenvalue weighted by atomic mass is 9.85. The number of rotatable bonds is 4. The van der Waals surface area contributed by atoms with Gasteiger partial charge in [-0.25, -0.2) is 4.98 Å². The third kappa shape index (κ3) is 4.10. The van der Waals surface area contributed by atoms with Crippen LogP contribution in [0.5, 0.6) is 5.88 Å². The highest BCUT2D eigenvalue weighted by Gasteiger charge is 2.38. The van der Waals surface area contributed by atoms with Gasteiger partial charge in [-0.2, -0.15) is 0 Å². The van der Waals surface area contributed by atoms with E-state index in [2.05, 4.69) is 17.2 Å². The predicted octanol–water partition coefficient (Wildman–Crippen LogP) is 1.94. The van der Waals surface area contributed by atoms with Crippen LogP contribution in [-0.4, -0.2) is 47.3 Å². The summed E-state index contributed by atoms with van der Waals surface area (Å²) in [6.07, 6.45) is 7.97. The van der Waals surface area contributed by atoms with Crippen LogP contribution in [0.1, 0.15) is 55.8 Å². The molecule has 0 spiro atoms. The van der Waals surface area contributed by atoms with Crippen molar-refractivity contribution in [3.63, 3.8) is 0 Å². The van der Waals surface area contributed by atoms with E-state index in [-0.39, 0.29) is 23.2 Å². The number of carbonyl (C=O) groups is 3. The molecule has 1 saturated carbocycles. The maximum absolute atomic E-state index is 13.0. The molecule has 1 aromatic rings. The van der Waals surface area contributed by atoms with E-state index in [0.717, 1.165) is 25.7 Å². The van der Waals surface area contributed by atoms with Crippen molar-refractivity contribution < 1.29 is 19.1 Å². The Morgan fingerprint density at radius 1 is 1.21 bits per heavy atom. The third-order valence-electron chi connectivity index (χ3n) is 5.87. The van der Waals surface area contributed by atoms with E-state index in [9.17, 15) is 14.4 Å². The van der Waals surface area contributed by atoms with Gasteiger partial charge in [-0.05, 0) is 43.6 Å². The molecule has 2 aliphatic rings. The van der Waals surface area contributed by atoms with E-state index in [0.29, 0.717) is 18.4 Å². The summed E-state index contributed by atoms with van der Waals surface area (Å²) in [5, 5.41) is 2.54. The fourth-order valence-electron chi connectivity index (χ4n) is 4.49. The number of anilines is 1. The molecule has 1 saturated heterocycles. The van der Waals surface area contributed by atoms with Gasteiger partial charge in [-0.15, -0.1) is 0 Å². The monoisotopic (exact) mass is 388 g/mol. The van der Waals surface area contributed by atoms with Crippen LogP contribution in [0.25, 0.3) is 0 Å². The van der Waals surface area contributed by atoms with Gasteiger partial charge in [-0.1, -0.05) is 19.8 Å². The highest BCUT2D eigenvalue weighted by atomic mass is 16.5. The maximum Gasteiger partial charge on any atom is 0.313 e. The zero-order valence-electron chi connectivity index (χ0n) is 16.4. The molecular formula is C20H28N4O4. The van der Waals surface area contributed by atoms with Crippen LogP contribution >= 0.6 is 0 Å². The van der Waals surface area contributed by atoms with Gasteiger partial charge >= 0.3 is 11.8 Å². The molecule has 0 unspecified atom stereocenters. The van der Waals surface area contributed by atoms with Crippen LogP contribution < -0.4 is 15.8 Å². The fraction of sp³-hybridized carbons (Fsp3) is 0.600. The number of ether oxygens (including phenoxy) is 1. The molecule has 28 heavy (non-hydrogen) atoms. The summed E-state index contributed by atoms with van der Waals surface area (Å²) in [5.74, 6) is -1.29. The summed E-state index contributed by atoms with van der Waals surface area (Å²) < 4.78 is 5.05. The molecular weight excluding hydrogens is 360 g/mol. The normalized spacial score (nSPS) is 22.7. The van der Waals surface area contributed by atoms with Crippen molar-refractivity contribution >= 4 is 23.4 Å². The van der Waals surface area contributed by atoms with Gasteiger partial charge in [-0.3, -0.25) is 14.4 Å². The van der Waals surface area contributed by atoms with Gasteiger partial charge in [0.15, 0.2) is 0 Å². The number of pyridine rings is 1. The molecule has 152 valence electrons. The molecule has 2 atom stereocenters. The van der Waals surface area contributed by atoms with Crippen LogP contribution in [0.15, 0.2) is 12.3 Å². The minimum atomic E-state index is -0.789. The first kappa shape index (κ1) is 20.1. The number of primary amides is 1. The lowest BCUT2D eigenvalue weighted by molar-refractivity contribution is -0.147. The number of methoxy groups -OCH3 is 1. The number of piperidine rings is 1. The van der Waals surface area contributed by atoms with Gasteiger partial charge in [0.25, 0.3) is 5.91 Å². The van der Waals surface area contributed by atoms with Gasteiger partial charge in [0.05, 0.1) is 12.8 Å². The van der Waals surface area contributed by atoms with E-state index in [1.165, 1.54) is 32.2 Å². The Labute approximate surface area is 164 Å². The molecule has 3 amide bonds. The SMILES string of the molecule is COc1nccc(NC(=O)C(=O)N2C[C@@H](C)CC[C@@H]2C2CCCC2)c1C(N)=O. The van der Waals surface area contributed by atoms with Crippen LogP contribution in [0.3, 0.4) is 0 Å². The van der Waals surface area contributed by atoms with E-state index in [1.807, 2.05) is 0 Å². The number of aromatic nitrogens is 1. The average molecular weight is 388 g/mol. The standard InChI is InChI=1S/C20H28N4O4/c1-12-7-8-15(13-5-3-4-6-13)24(11-12)20(27)18(26)23-14-9-10-22-19(28-2)16(14)17(21)25/h9-10,12-13,15H,3-8,11H2,1-2H3,(H2,21,25)(H,22,23,26)/t12-,15+/m0/s1. The molecule has 0 aromatic carbocycles. The second-order valence-electron chi connectivity index (χ2n) is 7.81. The minimum absolute atomic E-state index is 0.00757.